The van der Waals surface area contributed by atoms with Crippen LogP contribution in [0.25, 0.3) is 0 Å². The average Bonchev–Trinajstić information content (AvgIpc) is 2.46. The van der Waals surface area contributed by atoms with Crippen molar-refractivity contribution in [1.29, 1.82) is 5.41 Å². The number of pyridine rings is 1. The van der Waals surface area contributed by atoms with Crippen LogP contribution in [0.4, 0.5) is 0 Å². The third kappa shape index (κ3) is 4.29. The van der Waals surface area contributed by atoms with E-state index in [1.165, 1.54) is 5.56 Å². The fourth-order valence-electron chi connectivity index (χ4n) is 1.91. The van der Waals surface area contributed by atoms with Crippen molar-refractivity contribution in [2.45, 2.75) is 13.3 Å². The lowest BCUT2D eigenvalue weighted by atomic mass is 10.1. The summed E-state index contributed by atoms with van der Waals surface area (Å²) < 4.78 is 10.8. The zero-order valence-corrected chi connectivity index (χ0v) is 12.2. The highest BCUT2D eigenvalue weighted by molar-refractivity contribution is 5.95. The van der Waals surface area contributed by atoms with Gasteiger partial charge < -0.3 is 15.2 Å². The van der Waals surface area contributed by atoms with Gasteiger partial charge in [0.25, 0.3) is 0 Å². The van der Waals surface area contributed by atoms with Gasteiger partial charge in [0.15, 0.2) is 0 Å². The maximum Gasteiger partial charge on any atom is 0.220 e. The van der Waals surface area contributed by atoms with Crippen LogP contribution in [0, 0.1) is 12.3 Å². The van der Waals surface area contributed by atoms with Crippen LogP contribution in [0.15, 0.2) is 36.4 Å². The van der Waals surface area contributed by atoms with Crippen LogP contribution in [0.3, 0.4) is 0 Å². The van der Waals surface area contributed by atoms with Crippen molar-refractivity contribution in [3.05, 3.63) is 53.2 Å². The molecule has 2 rings (SSSR count). The number of benzene rings is 1. The van der Waals surface area contributed by atoms with E-state index in [2.05, 4.69) is 4.98 Å². The molecule has 2 aromatic rings. The van der Waals surface area contributed by atoms with Crippen molar-refractivity contribution < 1.29 is 9.47 Å². The first-order valence-corrected chi connectivity index (χ1v) is 6.67. The van der Waals surface area contributed by atoms with Crippen LogP contribution < -0.4 is 10.5 Å². The van der Waals surface area contributed by atoms with Gasteiger partial charge in [0.05, 0.1) is 6.61 Å². The summed E-state index contributed by atoms with van der Waals surface area (Å²) >= 11 is 0. The molecule has 21 heavy (non-hydrogen) atoms. The normalized spacial score (nSPS) is 10.4. The second-order valence-corrected chi connectivity index (χ2v) is 4.74. The van der Waals surface area contributed by atoms with Gasteiger partial charge in [-0.05, 0) is 37.1 Å². The molecular formula is C16H19N3O2. The molecule has 0 amide bonds. The Morgan fingerprint density at radius 2 is 1.95 bits per heavy atom. The van der Waals surface area contributed by atoms with E-state index in [0.29, 0.717) is 23.8 Å². The highest BCUT2D eigenvalue weighted by Crippen LogP contribution is 2.21. The van der Waals surface area contributed by atoms with Crippen LogP contribution in [-0.2, 0) is 11.2 Å². The predicted molar refractivity (Wildman–Crippen MR) is 82.1 cm³/mol. The Labute approximate surface area is 124 Å². The van der Waals surface area contributed by atoms with E-state index in [1.54, 1.807) is 19.2 Å². The number of hydrogen-bond acceptors (Lipinski definition) is 4. The Morgan fingerprint density at radius 1 is 1.24 bits per heavy atom. The van der Waals surface area contributed by atoms with Gasteiger partial charge in [-0.3, -0.25) is 5.41 Å². The maximum atomic E-state index is 7.48. The summed E-state index contributed by atoms with van der Waals surface area (Å²) in [6.45, 7) is 2.54. The second-order valence-electron chi connectivity index (χ2n) is 4.74. The number of ether oxygens (including phenoxy) is 2. The average molecular weight is 285 g/mol. The zero-order valence-electron chi connectivity index (χ0n) is 12.2. The first kappa shape index (κ1) is 15.0. The van der Waals surface area contributed by atoms with E-state index in [-0.39, 0.29) is 5.84 Å². The van der Waals surface area contributed by atoms with Gasteiger partial charge in [-0.25, -0.2) is 4.98 Å². The van der Waals surface area contributed by atoms with Crippen molar-refractivity contribution >= 4 is 5.84 Å². The Balaban J connectivity index is 2.12. The smallest absolute Gasteiger partial charge is 0.220 e. The van der Waals surface area contributed by atoms with E-state index in [1.807, 2.05) is 31.2 Å². The standard InChI is InChI=1S/C16H19N3O2/c1-11-9-13(16(17)18)10-15(19-11)21-14-5-3-12(4-6-14)7-8-20-2/h3-6,9-10H,7-8H2,1-2H3,(H3,17,18). The molecule has 1 aromatic carbocycles. The monoisotopic (exact) mass is 285 g/mol. The van der Waals surface area contributed by atoms with Crippen molar-refractivity contribution in [2.75, 3.05) is 13.7 Å². The SMILES string of the molecule is COCCc1ccc(Oc2cc(C(=N)N)cc(C)n2)cc1. The maximum absolute atomic E-state index is 7.48. The molecule has 0 atom stereocenters. The van der Waals surface area contributed by atoms with Crippen LogP contribution in [-0.4, -0.2) is 24.5 Å². The van der Waals surface area contributed by atoms with Gasteiger partial charge in [-0.1, -0.05) is 12.1 Å². The van der Waals surface area contributed by atoms with E-state index in [0.717, 1.165) is 12.1 Å². The van der Waals surface area contributed by atoms with Gasteiger partial charge in [-0.2, -0.15) is 0 Å². The van der Waals surface area contributed by atoms with Gasteiger partial charge in [0.2, 0.25) is 5.88 Å². The van der Waals surface area contributed by atoms with Crippen LogP contribution in [0.2, 0.25) is 0 Å². The largest absolute Gasteiger partial charge is 0.439 e. The highest BCUT2D eigenvalue weighted by Gasteiger charge is 2.05. The molecule has 0 bridgehead atoms. The molecule has 5 heteroatoms. The Bertz CT molecular complexity index is 624. The topological polar surface area (TPSA) is 81.2 Å². The lowest BCUT2D eigenvalue weighted by molar-refractivity contribution is 0.202. The lowest BCUT2D eigenvalue weighted by Crippen LogP contribution is -2.11. The third-order valence-corrected chi connectivity index (χ3v) is 2.98. The molecule has 0 spiro atoms. The number of nitrogen functional groups attached to an aromatic ring is 1. The van der Waals surface area contributed by atoms with Crippen molar-refractivity contribution in [3.8, 4) is 11.6 Å². The minimum absolute atomic E-state index is 0.000244. The Hall–Kier alpha value is -2.40. The summed E-state index contributed by atoms with van der Waals surface area (Å²) in [7, 11) is 1.69. The quantitative estimate of drug-likeness (QED) is 0.631. The summed E-state index contributed by atoms with van der Waals surface area (Å²) in [6, 6.07) is 11.2. The molecule has 0 saturated carbocycles. The number of aromatic nitrogens is 1. The second kappa shape index (κ2) is 6.85. The summed E-state index contributed by atoms with van der Waals surface area (Å²) in [5.41, 5.74) is 8.05. The number of rotatable bonds is 6. The first-order valence-electron chi connectivity index (χ1n) is 6.67. The molecule has 0 unspecified atom stereocenters. The molecule has 1 heterocycles. The van der Waals surface area contributed by atoms with Crippen LogP contribution in [0.1, 0.15) is 16.8 Å². The van der Waals surface area contributed by atoms with Gasteiger partial charge in [-0.15, -0.1) is 0 Å². The lowest BCUT2D eigenvalue weighted by Gasteiger charge is -2.08. The minimum atomic E-state index is 0.000244. The number of nitrogens with one attached hydrogen (secondary N) is 1. The molecular weight excluding hydrogens is 266 g/mol. The van der Waals surface area contributed by atoms with Gasteiger partial charge >= 0.3 is 0 Å². The van der Waals surface area contributed by atoms with E-state index < -0.39 is 0 Å². The third-order valence-electron chi connectivity index (χ3n) is 2.98. The molecule has 3 N–H and O–H groups in total. The summed E-state index contributed by atoms with van der Waals surface area (Å²) in [4.78, 5) is 4.29. The minimum Gasteiger partial charge on any atom is -0.439 e. The van der Waals surface area contributed by atoms with E-state index in [9.17, 15) is 0 Å². The van der Waals surface area contributed by atoms with Crippen LogP contribution >= 0.6 is 0 Å². The number of hydrogen-bond donors (Lipinski definition) is 2. The fraction of sp³-hybridized carbons (Fsp3) is 0.250. The number of nitrogens with two attached hydrogens (primary N) is 1. The number of methoxy groups -OCH3 is 1. The van der Waals surface area contributed by atoms with Gasteiger partial charge in [0, 0.05) is 24.4 Å². The molecule has 1 aromatic heterocycles. The Morgan fingerprint density at radius 3 is 2.57 bits per heavy atom. The zero-order chi connectivity index (χ0) is 15.2. The fourth-order valence-corrected chi connectivity index (χ4v) is 1.91. The van der Waals surface area contributed by atoms with Crippen molar-refractivity contribution in [1.82, 2.24) is 4.98 Å². The highest BCUT2D eigenvalue weighted by atomic mass is 16.5. The van der Waals surface area contributed by atoms with Crippen LogP contribution in [0.5, 0.6) is 11.6 Å². The van der Waals surface area contributed by atoms with Crippen molar-refractivity contribution in [3.63, 3.8) is 0 Å². The molecule has 5 nitrogen and oxygen atoms in total. The molecule has 0 saturated heterocycles. The molecule has 0 radical (unpaired) electrons. The first-order chi connectivity index (χ1) is 10.1. The predicted octanol–water partition coefficient (Wildman–Crippen LogP) is 2.66. The number of nitrogens with zero attached hydrogens (tertiary/aromatic N) is 1. The number of aryl methyl sites for hydroxylation is 1. The molecule has 0 aliphatic rings. The molecule has 110 valence electrons. The van der Waals surface area contributed by atoms with Crippen molar-refractivity contribution in [2.24, 2.45) is 5.73 Å². The van der Waals surface area contributed by atoms with Gasteiger partial charge in [0.1, 0.15) is 11.6 Å². The summed E-state index contributed by atoms with van der Waals surface area (Å²) in [5, 5.41) is 7.48. The Kier molecular flexibility index (Phi) is 4.90. The van der Waals surface area contributed by atoms with E-state index in [4.69, 9.17) is 20.6 Å². The number of amidine groups is 1. The molecule has 0 fully saturated rings. The van der Waals surface area contributed by atoms with E-state index >= 15 is 0 Å². The molecule has 0 aliphatic heterocycles. The molecule has 0 aliphatic carbocycles. The summed E-state index contributed by atoms with van der Waals surface area (Å²) in [5.74, 6) is 1.13. The summed E-state index contributed by atoms with van der Waals surface area (Å²) in [6.07, 6.45) is 0.869.